The number of rotatable bonds is 0. The summed E-state index contributed by atoms with van der Waals surface area (Å²) >= 11 is 0. The summed E-state index contributed by atoms with van der Waals surface area (Å²) in [5.41, 5.74) is 7.03. The standard InChI is InChI=1S/C4H9N5O/c1-4(2)6-8-9(7-4)3(5)10/h7H,1-2H3,(H2,5,10). The van der Waals surface area contributed by atoms with Gasteiger partial charge in [-0.15, -0.1) is 10.2 Å². The zero-order chi connectivity index (χ0) is 7.78. The molecule has 0 fully saturated rings. The Morgan fingerprint density at radius 3 is 2.50 bits per heavy atom. The first-order chi connectivity index (χ1) is 4.51. The van der Waals surface area contributed by atoms with Gasteiger partial charge in [0.25, 0.3) is 0 Å². The number of nitrogens with zero attached hydrogens (tertiary/aromatic N) is 3. The zero-order valence-corrected chi connectivity index (χ0v) is 5.83. The van der Waals surface area contributed by atoms with Crippen LogP contribution in [0.25, 0.3) is 0 Å². The molecule has 0 bridgehead atoms. The number of hydrogen-bond acceptors (Lipinski definition) is 4. The molecule has 0 radical (unpaired) electrons. The van der Waals surface area contributed by atoms with Crippen molar-refractivity contribution in [2.24, 2.45) is 16.1 Å². The fourth-order valence-electron chi connectivity index (χ4n) is 0.560. The van der Waals surface area contributed by atoms with Crippen molar-refractivity contribution in [3.05, 3.63) is 0 Å². The van der Waals surface area contributed by atoms with Gasteiger partial charge in [-0.25, -0.2) is 4.79 Å². The van der Waals surface area contributed by atoms with Gasteiger partial charge in [-0.3, -0.25) is 0 Å². The van der Waals surface area contributed by atoms with Gasteiger partial charge >= 0.3 is 6.03 Å². The van der Waals surface area contributed by atoms with Crippen LogP contribution in [0, 0.1) is 0 Å². The van der Waals surface area contributed by atoms with Gasteiger partial charge in [0.15, 0.2) is 0 Å². The third-order valence-corrected chi connectivity index (χ3v) is 0.972. The fraction of sp³-hybridized carbons (Fsp3) is 0.750. The van der Waals surface area contributed by atoms with Crippen LogP contribution in [0.3, 0.4) is 0 Å². The number of hydrogen-bond donors (Lipinski definition) is 2. The molecule has 0 saturated heterocycles. The Morgan fingerprint density at radius 2 is 2.30 bits per heavy atom. The summed E-state index contributed by atoms with van der Waals surface area (Å²) in [6.07, 6.45) is 0. The molecule has 0 aromatic carbocycles. The second-order valence-electron chi connectivity index (χ2n) is 2.51. The van der Waals surface area contributed by atoms with Gasteiger partial charge in [0.05, 0.1) is 0 Å². The zero-order valence-electron chi connectivity index (χ0n) is 5.83. The maximum Gasteiger partial charge on any atom is 0.351 e. The second-order valence-corrected chi connectivity index (χ2v) is 2.51. The van der Waals surface area contributed by atoms with Crippen LogP contribution in [0.2, 0.25) is 0 Å². The van der Waals surface area contributed by atoms with E-state index in [2.05, 4.69) is 15.8 Å². The van der Waals surface area contributed by atoms with Crippen molar-refractivity contribution >= 4 is 6.03 Å². The summed E-state index contributed by atoms with van der Waals surface area (Å²) in [6.45, 7) is 3.55. The van der Waals surface area contributed by atoms with Crippen LogP contribution in [0.5, 0.6) is 0 Å². The molecule has 1 heterocycles. The molecule has 0 saturated carbocycles. The highest BCUT2D eigenvalue weighted by atomic mass is 16.2. The Kier molecular flexibility index (Phi) is 1.33. The fourth-order valence-corrected chi connectivity index (χ4v) is 0.560. The number of urea groups is 1. The van der Waals surface area contributed by atoms with E-state index in [1.807, 2.05) is 0 Å². The summed E-state index contributed by atoms with van der Waals surface area (Å²) in [4.78, 5) is 10.4. The molecule has 0 aromatic heterocycles. The van der Waals surface area contributed by atoms with Gasteiger partial charge in [-0.05, 0) is 19.1 Å². The summed E-state index contributed by atoms with van der Waals surface area (Å²) < 4.78 is 0. The molecule has 1 aliphatic rings. The Morgan fingerprint density at radius 1 is 1.70 bits per heavy atom. The first kappa shape index (κ1) is 6.94. The lowest BCUT2D eigenvalue weighted by Crippen LogP contribution is -2.46. The minimum atomic E-state index is -0.658. The maximum atomic E-state index is 10.4. The van der Waals surface area contributed by atoms with Crippen LogP contribution in [0.1, 0.15) is 13.8 Å². The van der Waals surface area contributed by atoms with Gasteiger partial charge in [-0.2, -0.15) is 5.43 Å². The minimum absolute atomic E-state index is 0.519. The average molecular weight is 143 g/mol. The van der Waals surface area contributed by atoms with E-state index in [9.17, 15) is 4.79 Å². The Balaban J connectivity index is 2.62. The summed E-state index contributed by atoms with van der Waals surface area (Å²) in [7, 11) is 0. The Labute approximate surface area is 58.0 Å². The summed E-state index contributed by atoms with van der Waals surface area (Å²) in [6, 6.07) is -0.658. The van der Waals surface area contributed by atoms with Crippen LogP contribution < -0.4 is 11.2 Å². The van der Waals surface area contributed by atoms with Crippen molar-refractivity contribution in [1.82, 2.24) is 10.5 Å². The molecule has 56 valence electrons. The van der Waals surface area contributed by atoms with Crippen LogP contribution in [0.15, 0.2) is 10.3 Å². The van der Waals surface area contributed by atoms with E-state index in [1.54, 1.807) is 13.8 Å². The van der Waals surface area contributed by atoms with Crippen molar-refractivity contribution in [2.45, 2.75) is 19.5 Å². The van der Waals surface area contributed by atoms with Crippen LogP contribution >= 0.6 is 0 Å². The normalized spacial score (nSPS) is 21.6. The lowest BCUT2D eigenvalue weighted by molar-refractivity contribution is 0.177. The van der Waals surface area contributed by atoms with Crippen molar-refractivity contribution in [3.63, 3.8) is 0 Å². The molecule has 0 aromatic rings. The van der Waals surface area contributed by atoms with E-state index >= 15 is 0 Å². The molecule has 6 heteroatoms. The predicted molar refractivity (Wildman–Crippen MR) is 33.5 cm³/mol. The molecular formula is C4H9N5O. The number of nitrogens with two attached hydrogens (primary N) is 1. The molecule has 0 spiro atoms. The third kappa shape index (κ3) is 1.21. The highest BCUT2D eigenvalue weighted by molar-refractivity contribution is 5.71. The van der Waals surface area contributed by atoms with Gasteiger partial charge < -0.3 is 5.73 Å². The van der Waals surface area contributed by atoms with Crippen molar-refractivity contribution in [2.75, 3.05) is 0 Å². The molecule has 3 N–H and O–H groups in total. The first-order valence-corrected chi connectivity index (χ1v) is 2.81. The maximum absolute atomic E-state index is 10.4. The van der Waals surface area contributed by atoms with E-state index in [0.29, 0.717) is 0 Å². The van der Waals surface area contributed by atoms with Crippen LogP contribution in [-0.2, 0) is 0 Å². The SMILES string of the molecule is CC1(C)N=NN(C(N)=O)N1. The number of amides is 2. The van der Waals surface area contributed by atoms with E-state index in [-0.39, 0.29) is 0 Å². The topological polar surface area (TPSA) is 83.1 Å². The summed E-state index contributed by atoms with van der Waals surface area (Å²) in [5.74, 6) is 0. The van der Waals surface area contributed by atoms with Crippen molar-refractivity contribution < 1.29 is 4.79 Å². The van der Waals surface area contributed by atoms with Gasteiger partial charge in [0.2, 0.25) is 0 Å². The van der Waals surface area contributed by atoms with E-state index in [1.165, 1.54) is 0 Å². The number of primary amides is 1. The molecule has 1 rings (SSSR count). The molecule has 2 amide bonds. The molecule has 0 unspecified atom stereocenters. The van der Waals surface area contributed by atoms with Crippen molar-refractivity contribution in [3.8, 4) is 0 Å². The molecule has 6 nitrogen and oxygen atoms in total. The number of nitrogens with one attached hydrogen (secondary N) is 1. The first-order valence-electron chi connectivity index (χ1n) is 2.81. The van der Waals surface area contributed by atoms with E-state index in [0.717, 1.165) is 5.12 Å². The number of carbonyl (C=O) groups is 1. The lowest BCUT2D eigenvalue weighted by Gasteiger charge is -2.14. The molecule has 1 aliphatic heterocycles. The van der Waals surface area contributed by atoms with Crippen LogP contribution in [-0.4, -0.2) is 16.8 Å². The monoisotopic (exact) mass is 143 g/mol. The Hall–Kier alpha value is -1.17. The van der Waals surface area contributed by atoms with Crippen molar-refractivity contribution in [1.29, 1.82) is 0 Å². The molecular weight excluding hydrogens is 134 g/mol. The Bertz CT molecular complexity index is 186. The number of carbonyl (C=O) groups excluding carboxylic acids is 1. The van der Waals surface area contributed by atoms with E-state index in [4.69, 9.17) is 5.73 Å². The highest BCUT2D eigenvalue weighted by Gasteiger charge is 2.28. The average Bonchev–Trinajstić information content (AvgIpc) is 2.10. The summed E-state index contributed by atoms with van der Waals surface area (Å²) in [5, 5.41) is 8.07. The lowest BCUT2D eigenvalue weighted by atomic mass is 10.3. The second kappa shape index (κ2) is 1.91. The number of hydrazine groups is 1. The highest BCUT2D eigenvalue weighted by Crippen LogP contribution is 2.12. The minimum Gasteiger partial charge on any atom is -0.349 e. The molecule has 0 atom stereocenters. The molecule has 0 aliphatic carbocycles. The smallest absolute Gasteiger partial charge is 0.349 e. The van der Waals surface area contributed by atoms with Gasteiger partial charge in [-0.1, -0.05) is 0 Å². The van der Waals surface area contributed by atoms with Gasteiger partial charge in [0, 0.05) is 0 Å². The van der Waals surface area contributed by atoms with Crippen LogP contribution in [0.4, 0.5) is 4.79 Å². The largest absolute Gasteiger partial charge is 0.351 e. The van der Waals surface area contributed by atoms with E-state index < -0.39 is 11.7 Å². The molecule has 10 heavy (non-hydrogen) atoms. The van der Waals surface area contributed by atoms with Gasteiger partial charge in [0.1, 0.15) is 5.66 Å². The quantitative estimate of drug-likeness (QED) is 0.499. The predicted octanol–water partition coefficient (Wildman–Crippen LogP) is -0.0114. The third-order valence-electron chi connectivity index (χ3n) is 0.972.